The fourth-order valence-corrected chi connectivity index (χ4v) is 4.88. The first-order chi connectivity index (χ1) is 15.7. The molecule has 0 radical (unpaired) electrons. The van der Waals surface area contributed by atoms with Crippen LogP contribution in [0, 0.1) is 0 Å². The summed E-state index contributed by atoms with van der Waals surface area (Å²) in [6, 6.07) is 15.2. The number of nitrogens with one attached hydrogen (secondary N) is 1. The van der Waals surface area contributed by atoms with Crippen LogP contribution in [0.25, 0.3) is 11.1 Å². The molecule has 1 heterocycles. The van der Waals surface area contributed by atoms with Gasteiger partial charge in [-0.15, -0.1) is 0 Å². The van der Waals surface area contributed by atoms with Gasteiger partial charge >= 0.3 is 12.1 Å². The number of nitrogens with zero attached hydrogens (tertiary/aromatic N) is 1. The van der Waals surface area contributed by atoms with Gasteiger partial charge in [0.15, 0.2) is 6.04 Å². The van der Waals surface area contributed by atoms with E-state index in [0.29, 0.717) is 0 Å². The molecule has 8 heteroatoms. The van der Waals surface area contributed by atoms with Crippen LogP contribution in [0.3, 0.4) is 0 Å². The van der Waals surface area contributed by atoms with Gasteiger partial charge in [0.2, 0.25) is 5.91 Å². The van der Waals surface area contributed by atoms with Crippen molar-refractivity contribution in [2.45, 2.75) is 44.6 Å². The normalized spacial score (nSPS) is 20.7. The fraction of sp³-hybridized carbons (Fsp3) is 0.400. The quantitative estimate of drug-likeness (QED) is 0.701. The maximum absolute atomic E-state index is 12.9. The average molecular weight is 453 g/mol. The van der Waals surface area contributed by atoms with Crippen molar-refractivity contribution in [3.63, 3.8) is 0 Å². The van der Waals surface area contributed by atoms with Crippen molar-refractivity contribution in [1.29, 1.82) is 0 Å². The molecular formula is C25H28N2O6. The number of hydrogen-bond acceptors (Lipinski definition) is 6. The molecule has 4 rings (SSSR count). The number of esters is 1. The Kier molecular flexibility index (Phi) is 6.12. The van der Waals surface area contributed by atoms with Crippen molar-refractivity contribution >= 4 is 18.0 Å². The highest BCUT2D eigenvalue weighted by atomic mass is 16.6. The summed E-state index contributed by atoms with van der Waals surface area (Å²) in [6.07, 6.45) is -1.24. The maximum Gasteiger partial charge on any atom is 0.407 e. The highest BCUT2D eigenvalue weighted by molar-refractivity contribution is 5.88. The number of ether oxygens (including phenoxy) is 3. The van der Waals surface area contributed by atoms with Gasteiger partial charge in [-0.3, -0.25) is 9.69 Å². The topological polar surface area (TPSA) is 94.2 Å². The lowest BCUT2D eigenvalue weighted by molar-refractivity contribution is -0.156. The second-order valence-electron chi connectivity index (χ2n) is 8.68. The number of hydrogen-bond donors (Lipinski definition) is 1. The van der Waals surface area contributed by atoms with Crippen LogP contribution in [-0.2, 0) is 23.8 Å². The van der Waals surface area contributed by atoms with E-state index >= 15 is 0 Å². The molecular weight excluding hydrogens is 424 g/mol. The zero-order valence-electron chi connectivity index (χ0n) is 19.2. The minimum atomic E-state index is -1.02. The average Bonchev–Trinajstić information content (AvgIpc) is 3.25. The molecule has 1 aliphatic carbocycles. The summed E-state index contributed by atoms with van der Waals surface area (Å²) >= 11 is 0. The summed E-state index contributed by atoms with van der Waals surface area (Å²) < 4.78 is 16.1. The molecule has 2 amide bonds. The Morgan fingerprint density at radius 1 is 1.03 bits per heavy atom. The molecule has 174 valence electrons. The first-order valence-electron chi connectivity index (χ1n) is 10.9. The Morgan fingerprint density at radius 3 is 2.18 bits per heavy atom. The Balaban J connectivity index is 1.38. The van der Waals surface area contributed by atoms with Gasteiger partial charge < -0.3 is 19.5 Å². The first-order valence-corrected chi connectivity index (χ1v) is 10.9. The van der Waals surface area contributed by atoms with Gasteiger partial charge in [0, 0.05) is 5.92 Å². The monoisotopic (exact) mass is 452 g/mol. The third-order valence-corrected chi connectivity index (χ3v) is 6.22. The number of benzene rings is 2. The second kappa shape index (κ2) is 8.86. The molecule has 33 heavy (non-hydrogen) atoms. The lowest BCUT2D eigenvalue weighted by Gasteiger charge is -2.32. The summed E-state index contributed by atoms with van der Waals surface area (Å²) in [5.41, 5.74) is 3.47. The predicted molar refractivity (Wildman–Crippen MR) is 120 cm³/mol. The van der Waals surface area contributed by atoms with Gasteiger partial charge in [0.25, 0.3) is 0 Å². The SMILES string of the molecule is COC(=O)[C@@H]1[C@@H](C)OC(C)(C)N1C(=O)CNC(=O)OCC1c2ccccc2-c2ccccc21. The molecule has 0 saturated carbocycles. The van der Waals surface area contributed by atoms with Crippen LogP contribution in [0.5, 0.6) is 0 Å². The number of fused-ring (bicyclic) bond motifs is 3. The van der Waals surface area contributed by atoms with E-state index in [4.69, 9.17) is 14.2 Å². The molecule has 1 saturated heterocycles. The zero-order valence-corrected chi connectivity index (χ0v) is 19.2. The van der Waals surface area contributed by atoms with Crippen LogP contribution in [0.1, 0.15) is 37.8 Å². The standard InChI is InChI=1S/C25H28N2O6/c1-15-22(23(29)31-4)27(25(2,3)33-15)21(28)13-26-24(30)32-14-20-18-11-7-5-9-16(18)17-10-6-8-12-19(17)20/h5-12,15,20,22H,13-14H2,1-4H3,(H,26,30)/t15-,22+/m1/s1. The highest BCUT2D eigenvalue weighted by Crippen LogP contribution is 2.44. The molecule has 1 N–H and O–H groups in total. The summed E-state index contributed by atoms with van der Waals surface area (Å²) in [5, 5.41) is 2.50. The number of carbonyl (C=O) groups excluding carboxylic acids is 3. The predicted octanol–water partition coefficient (Wildman–Crippen LogP) is 3.05. The van der Waals surface area contributed by atoms with Crippen molar-refractivity contribution in [2.75, 3.05) is 20.3 Å². The summed E-state index contributed by atoms with van der Waals surface area (Å²) in [7, 11) is 1.26. The Hall–Kier alpha value is -3.39. The number of carbonyl (C=O) groups is 3. The fourth-order valence-electron chi connectivity index (χ4n) is 4.88. The van der Waals surface area contributed by atoms with Gasteiger partial charge in [-0.1, -0.05) is 48.5 Å². The van der Waals surface area contributed by atoms with E-state index in [9.17, 15) is 14.4 Å². The van der Waals surface area contributed by atoms with E-state index in [1.165, 1.54) is 12.0 Å². The van der Waals surface area contributed by atoms with Crippen molar-refractivity contribution in [1.82, 2.24) is 10.2 Å². The van der Waals surface area contributed by atoms with Crippen LogP contribution in [0.2, 0.25) is 0 Å². The molecule has 2 atom stereocenters. The third kappa shape index (κ3) is 4.18. The molecule has 8 nitrogen and oxygen atoms in total. The van der Waals surface area contributed by atoms with Crippen molar-refractivity contribution in [3.8, 4) is 11.1 Å². The molecule has 2 aromatic rings. The third-order valence-electron chi connectivity index (χ3n) is 6.22. The molecule has 0 bridgehead atoms. The maximum atomic E-state index is 12.9. The first kappa shape index (κ1) is 22.8. The van der Waals surface area contributed by atoms with Crippen LogP contribution in [0.4, 0.5) is 4.79 Å². The number of amides is 2. The van der Waals surface area contributed by atoms with Crippen LogP contribution in [0.15, 0.2) is 48.5 Å². The van der Waals surface area contributed by atoms with Crippen molar-refractivity contribution in [3.05, 3.63) is 59.7 Å². The summed E-state index contributed by atoms with van der Waals surface area (Å²) in [5.74, 6) is -1.11. The van der Waals surface area contributed by atoms with Crippen LogP contribution in [-0.4, -0.2) is 61.0 Å². The van der Waals surface area contributed by atoms with Gasteiger partial charge in [-0.25, -0.2) is 9.59 Å². The number of alkyl carbamates (subject to hydrolysis) is 1. The lowest BCUT2D eigenvalue weighted by Crippen LogP contribution is -2.54. The van der Waals surface area contributed by atoms with Crippen LogP contribution < -0.4 is 5.32 Å². The molecule has 0 spiro atoms. The van der Waals surface area contributed by atoms with Crippen molar-refractivity contribution in [2.24, 2.45) is 0 Å². The zero-order chi connectivity index (χ0) is 23.8. The summed E-state index contributed by atoms with van der Waals surface area (Å²) in [4.78, 5) is 38.8. The molecule has 0 unspecified atom stereocenters. The largest absolute Gasteiger partial charge is 0.467 e. The Bertz CT molecular complexity index is 1040. The number of rotatable bonds is 5. The van der Waals surface area contributed by atoms with Crippen molar-refractivity contribution < 1.29 is 28.6 Å². The van der Waals surface area contributed by atoms with E-state index in [2.05, 4.69) is 17.4 Å². The lowest BCUT2D eigenvalue weighted by atomic mass is 9.98. The Morgan fingerprint density at radius 2 is 1.61 bits per heavy atom. The van der Waals surface area contributed by atoms with Gasteiger partial charge in [-0.2, -0.15) is 0 Å². The van der Waals surface area contributed by atoms with E-state index in [0.717, 1.165) is 22.3 Å². The van der Waals surface area contributed by atoms with E-state index in [-0.39, 0.29) is 19.1 Å². The minimum Gasteiger partial charge on any atom is -0.467 e. The van der Waals surface area contributed by atoms with E-state index in [1.807, 2.05) is 36.4 Å². The summed E-state index contributed by atoms with van der Waals surface area (Å²) in [6.45, 7) is 4.91. The highest BCUT2D eigenvalue weighted by Gasteiger charge is 2.51. The van der Waals surface area contributed by atoms with Gasteiger partial charge in [-0.05, 0) is 43.0 Å². The van der Waals surface area contributed by atoms with E-state index in [1.54, 1.807) is 20.8 Å². The molecule has 1 aliphatic heterocycles. The number of methoxy groups -OCH3 is 1. The van der Waals surface area contributed by atoms with E-state index < -0.39 is 35.8 Å². The van der Waals surface area contributed by atoms with Crippen LogP contribution >= 0.6 is 0 Å². The minimum absolute atomic E-state index is 0.0747. The second-order valence-corrected chi connectivity index (χ2v) is 8.68. The Labute approximate surface area is 192 Å². The van der Waals surface area contributed by atoms with Gasteiger partial charge in [0.05, 0.1) is 13.2 Å². The molecule has 2 aromatic carbocycles. The molecule has 2 aliphatic rings. The molecule has 1 fully saturated rings. The van der Waals surface area contributed by atoms with Gasteiger partial charge in [0.1, 0.15) is 18.9 Å². The smallest absolute Gasteiger partial charge is 0.407 e. The molecule has 0 aromatic heterocycles.